The maximum absolute atomic E-state index is 5.39. The molecule has 0 fully saturated rings. The molecule has 0 aromatic heterocycles. The lowest BCUT2D eigenvalue weighted by Gasteiger charge is -2.31. The summed E-state index contributed by atoms with van der Waals surface area (Å²) in [6.45, 7) is 0. The van der Waals surface area contributed by atoms with Gasteiger partial charge < -0.3 is 4.74 Å². The van der Waals surface area contributed by atoms with Gasteiger partial charge in [0, 0.05) is 16.0 Å². The van der Waals surface area contributed by atoms with Crippen LogP contribution >= 0.6 is 11.8 Å². The highest BCUT2D eigenvalue weighted by molar-refractivity contribution is 8.22. The van der Waals surface area contributed by atoms with E-state index in [1.54, 1.807) is 18.9 Å². The second kappa shape index (κ2) is 9.16. The molecular weight excluding hydrogens is 412 g/mol. The molecule has 0 unspecified atom stereocenters. The van der Waals surface area contributed by atoms with Crippen LogP contribution in [0.15, 0.2) is 120 Å². The van der Waals surface area contributed by atoms with Gasteiger partial charge in [-0.2, -0.15) is 5.10 Å². The Morgan fingerprint density at radius 2 is 1.19 bits per heavy atom. The lowest BCUT2D eigenvalue weighted by atomic mass is 10.1. The van der Waals surface area contributed by atoms with Gasteiger partial charge in [0.2, 0.25) is 0 Å². The molecule has 0 saturated heterocycles. The minimum atomic E-state index is 0.832. The van der Waals surface area contributed by atoms with Gasteiger partial charge in [0.25, 0.3) is 0 Å². The Labute approximate surface area is 192 Å². The van der Waals surface area contributed by atoms with Crippen molar-refractivity contribution in [1.29, 1.82) is 0 Å². The van der Waals surface area contributed by atoms with Crippen LogP contribution < -0.4 is 9.75 Å². The van der Waals surface area contributed by atoms with Gasteiger partial charge in [0.15, 0.2) is 0 Å². The van der Waals surface area contributed by atoms with Crippen molar-refractivity contribution in [3.63, 3.8) is 0 Å². The number of rotatable bonds is 5. The molecule has 4 aromatic rings. The van der Waals surface area contributed by atoms with Crippen LogP contribution in [0.2, 0.25) is 0 Å². The lowest BCUT2D eigenvalue weighted by molar-refractivity contribution is 0.415. The molecule has 156 valence electrons. The Morgan fingerprint density at radius 1 is 0.625 bits per heavy atom. The highest BCUT2D eigenvalue weighted by Gasteiger charge is 2.27. The van der Waals surface area contributed by atoms with E-state index in [4.69, 9.17) is 9.84 Å². The van der Waals surface area contributed by atoms with Crippen LogP contribution in [0.5, 0.6) is 5.75 Å². The molecule has 4 aromatic carbocycles. The van der Waals surface area contributed by atoms with Crippen LogP contribution in [0.25, 0.3) is 10.6 Å². The summed E-state index contributed by atoms with van der Waals surface area (Å²) < 4.78 is 5.39. The van der Waals surface area contributed by atoms with Crippen LogP contribution in [0.1, 0.15) is 16.7 Å². The van der Waals surface area contributed by atoms with Crippen molar-refractivity contribution in [3.05, 3.63) is 132 Å². The summed E-state index contributed by atoms with van der Waals surface area (Å²) in [5.41, 5.74) is 5.40. The summed E-state index contributed by atoms with van der Waals surface area (Å²) in [7, 11) is 1.69. The van der Waals surface area contributed by atoms with E-state index >= 15 is 0 Å². The van der Waals surface area contributed by atoms with Gasteiger partial charge in [0.1, 0.15) is 10.8 Å². The molecule has 4 heteroatoms. The molecule has 1 heterocycles. The van der Waals surface area contributed by atoms with Crippen molar-refractivity contribution in [3.8, 4) is 5.75 Å². The highest BCUT2D eigenvalue weighted by Crippen LogP contribution is 2.45. The molecule has 5 rings (SSSR count). The van der Waals surface area contributed by atoms with Crippen molar-refractivity contribution in [1.82, 2.24) is 0 Å². The van der Waals surface area contributed by atoms with Gasteiger partial charge >= 0.3 is 0 Å². The fraction of sp³-hybridized carbons (Fsp3) is 0.0357. The zero-order valence-electron chi connectivity index (χ0n) is 17.7. The maximum Gasteiger partial charge on any atom is 0.129 e. The van der Waals surface area contributed by atoms with E-state index in [9.17, 15) is 0 Å². The van der Waals surface area contributed by atoms with E-state index in [0.717, 1.165) is 43.8 Å². The number of hydrogen-bond acceptors (Lipinski definition) is 4. The summed E-state index contributed by atoms with van der Waals surface area (Å²) in [6, 6.07) is 39.3. The van der Waals surface area contributed by atoms with Crippen molar-refractivity contribution >= 4 is 33.1 Å². The summed E-state index contributed by atoms with van der Waals surface area (Å²) in [6.07, 6.45) is 0. The van der Waals surface area contributed by atoms with Crippen LogP contribution in [0.4, 0.5) is 5.69 Å². The number of hydrogen-bond donors (Lipinski definition) is 0. The second-order valence-corrected chi connectivity index (χ2v) is 8.29. The summed E-state index contributed by atoms with van der Waals surface area (Å²) >= 11 is 1.71. The van der Waals surface area contributed by atoms with Gasteiger partial charge in [-0.25, -0.2) is 5.01 Å². The Morgan fingerprint density at radius 3 is 1.78 bits per heavy atom. The van der Waals surface area contributed by atoms with Crippen molar-refractivity contribution in [2.45, 2.75) is 0 Å². The van der Waals surface area contributed by atoms with Crippen LogP contribution in [0.3, 0.4) is 0 Å². The lowest BCUT2D eigenvalue weighted by Crippen LogP contribution is -2.22. The van der Waals surface area contributed by atoms with Crippen molar-refractivity contribution in [2.75, 3.05) is 12.1 Å². The third-order valence-corrected chi connectivity index (χ3v) is 6.38. The van der Waals surface area contributed by atoms with Crippen LogP contribution in [-0.2, 0) is 0 Å². The molecule has 0 radical (unpaired) electrons. The summed E-state index contributed by atoms with van der Waals surface area (Å²) in [4.78, 5) is 1.16. The Kier molecular flexibility index (Phi) is 5.77. The molecule has 0 saturated carbocycles. The normalized spacial score (nSPS) is 13.7. The summed E-state index contributed by atoms with van der Waals surface area (Å²) in [5, 5.41) is 8.14. The number of benzene rings is 4. The van der Waals surface area contributed by atoms with Gasteiger partial charge in [0.05, 0.1) is 18.5 Å². The SMILES string of the molecule is COc1ccc(C2=C(c3ccccc3)SC(c3ccccc3)=NN2c2ccccc2)cc1. The standard InChI is InChI=1S/C28H22N2OS/c1-31-25-19-17-21(18-20-25)26-27(22-11-5-2-6-12-22)32-28(23-13-7-3-8-14-23)29-30(26)24-15-9-4-10-16-24/h2-20H,1H3. The Hall–Kier alpha value is -3.76. The third kappa shape index (κ3) is 4.05. The topological polar surface area (TPSA) is 24.8 Å². The monoisotopic (exact) mass is 434 g/mol. The predicted molar refractivity (Wildman–Crippen MR) is 136 cm³/mol. The van der Waals surface area contributed by atoms with Crippen LogP contribution in [0, 0.1) is 0 Å². The van der Waals surface area contributed by atoms with Gasteiger partial charge in [-0.1, -0.05) is 90.6 Å². The number of ether oxygens (including phenoxy) is 1. The fourth-order valence-corrected chi connectivity index (χ4v) is 4.77. The van der Waals surface area contributed by atoms with E-state index in [-0.39, 0.29) is 0 Å². The maximum atomic E-state index is 5.39. The molecule has 1 aliphatic rings. The Bertz CT molecular complexity index is 1250. The zero-order chi connectivity index (χ0) is 21.8. The van der Waals surface area contributed by atoms with Crippen molar-refractivity contribution in [2.24, 2.45) is 5.10 Å². The number of hydrazone groups is 1. The molecule has 0 N–H and O–H groups in total. The molecule has 0 bridgehead atoms. The molecule has 0 atom stereocenters. The van der Waals surface area contributed by atoms with E-state index in [2.05, 4.69) is 77.8 Å². The van der Waals surface area contributed by atoms with Gasteiger partial charge in [-0.15, -0.1) is 0 Å². The molecule has 3 nitrogen and oxygen atoms in total. The largest absolute Gasteiger partial charge is 0.497 e. The minimum Gasteiger partial charge on any atom is -0.497 e. The van der Waals surface area contributed by atoms with Crippen LogP contribution in [-0.4, -0.2) is 12.2 Å². The molecule has 0 spiro atoms. The van der Waals surface area contributed by atoms with Crippen molar-refractivity contribution < 1.29 is 4.74 Å². The van der Waals surface area contributed by atoms with E-state index in [1.165, 1.54) is 0 Å². The van der Waals surface area contributed by atoms with E-state index in [0.29, 0.717) is 0 Å². The number of thioether (sulfide) groups is 1. The first kappa shape index (κ1) is 20.2. The third-order valence-electron chi connectivity index (χ3n) is 5.24. The predicted octanol–water partition coefficient (Wildman–Crippen LogP) is 7.14. The highest BCUT2D eigenvalue weighted by atomic mass is 32.2. The molecule has 0 amide bonds. The number of nitrogens with zero attached hydrogens (tertiary/aromatic N) is 2. The minimum absolute atomic E-state index is 0.832. The van der Waals surface area contributed by atoms with E-state index in [1.807, 2.05) is 42.5 Å². The second-order valence-electron chi connectivity index (χ2n) is 7.29. The molecular formula is C28H22N2OS. The first-order valence-electron chi connectivity index (χ1n) is 10.4. The van der Waals surface area contributed by atoms with E-state index < -0.39 is 0 Å². The average Bonchev–Trinajstić information content (AvgIpc) is 2.89. The number of anilines is 1. The molecule has 0 aliphatic carbocycles. The number of methoxy groups -OCH3 is 1. The Balaban J connectivity index is 1.74. The number of para-hydroxylation sites is 1. The van der Waals surface area contributed by atoms with Gasteiger partial charge in [-0.3, -0.25) is 0 Å². The average molecular weight is 435 g/mol. The first-order valence-corrected chi connectivity index (χ1v) is 11.3. The van der Waals surface area contributed by atoms with Gasteiger partial charge in [-0.05, 0) is 42.0 Å². The smallest absolute Gasteiger partial charge is 0.129 e. The zero-order valence-corrected chi connectivity index (χ0v) is 18.5. The fourth-order valence-electron chi connectivity index (χ4n) is 3.64. The summed E-state index contributed by atoms with van der Waals surface area (Å²) in [5.74, 6) is 0.832. The first-order chi connectivity index (χ1) is 15.8. The molecule has 32 heavy (non-hydrogen) atoms. The quantitative estimate of drug-likeness (QED) is 0.334. The molecule has 1 aliphatic heterocycles.